The summed E-state index contributed by atoms with van der Waals surface area (Å²) in [4.78, 5) is 20.8. The first-order chi connectivity index (χ1) is 10.2. The molecule has 0 unspecified atom stereocenters. The summed E-state index contributed by atoms with van der Waals surface area (Å²) >= 11 is 0. The van der Waals surface area contributed by atoms with Crippen LogP contribution in [0.4, 0.5) is 16.3 Å². The third-order valence-electron chi connectivity index (χ3n) is 4.06. The van der Waals surface area contributed by atoms with E-state index in [4.69, 9.17) is 4.74 Å². The van der Waals surface area contributed by atoms with Crippen molar-refractivity contribution in [3.8, 4) is 0 Å². The van der Waals surface area contributed by atoms with Gasteiger partial charge in [0.2, 0.25) is 0 Å². The van der Waals surface area contributed by atoms with E-state index in [-0.39, 0.29) is 12.1 Å². The molecule has 0 aromatic carbocycles. The van der Waals surface area contributed by atoms with Crippen molar-refractivity contribution in [1.82, 2.24) is 9.88 Å². The quantitative estimate of drug-likeness (QED) is 0.904. The predicted octanol–water partition coefficient (Wildman–Crippen LogP) is 1.93. The largest absolute Gasteiger partial charge is 0.377 e. The number of urea groups is 1. The van der Waals surface area contributed by atoms with Gasteiger partial charge in [0.05, 0.1) is 31.1 Å². The fourth-order valence-corrected chi connectivity index (χ4v) is 2.82. The van der Waals surface area contributed by atoms with Crippen LogP contribution in [0.2, 0.25) is 0 Å². The van der Waals surface area contributed by atoms with Crippen LogP contribution in [0.25, 0.3) is 0 Å². The zero-order valence-electron chi connectivity index (χ0n) is 12.4. The molecule has 6 nitrogen and oxygen atoms in total. The molecule has 2 amide bonds. The van der Waals surface area contributed by atoms with Gasteiger partial charge in [0, 0.05) is 19.6 Å². The molecule has 6 heteroatoms. The van der Waals surface area contributed by atoms with Crippen LogP contribution < -0.4 is 10.2 Å². The maximum absolute atomic E-state index is 12.2. The molecule has 0 bridgehead atoms. The molecule has 1 atom stereocenters. The van der Waals surface area contributed by atoms with Gasteiger partial charge in [-0.05, 0) is 31.9 Å². The minimum Gasteiger partial charge on any atom is -0.377 e. The number of pyridine rings is 1. The number of amides is 2. The Kier molecular flexibility index (Phi) is 4.24. The molecule has 0 aliphatic carbocycles. The Bertz CT molecular complexity index is 485. The number of nitrogens with one attached hydrogen (secondary N) is 1. The number of ether oxygens (including phenoxy) is 1. The molecule has 1 N–H and O–H groups in total. The van der Waals surface area contributed by atoms with Gasteiger partial charge in [-0.3, -0.25) is 0 Å². The standard InChI is InChI=1S/C15H22N4O2/c1-12-11-21-9-8-19(12)15(20)17-13-4-5-14(16-10-13)18-6-2-3-7-18/h4-5,10,12H,2-3,6-9,11H2,1H3,(H,17,20)/t12-/m0/s1. The van der Waals surface area contributed by atoms with Gasteiger partial charge in [-0.25, -0.2) is 9.78 Å². The minimum absolute atomic E-state index is 0.0819. The molecular formula is C15H22N4O2. The Hall–Kier alpha value is -1.82. The molecule has 0 radical (unpaired) electrons. The molecule has 2 saturated heterocycles. The summed E-state index contributed by atoms with van der Waals surface area (Å²) in [5.41, 5.74) is 0.738. The lowest BCUT2D eigenvalue weighted by Gasteiger charge is -2.33. The van der Waals surface area contributed by atoms with Crippen molar-refractivity contribution in [3.63, 3.8) is 0 Å². The van der Waals surface area contributed by atoms with Gasteiger partial charge < -0.3 is 19.9 Å². The normalized spacial score (nSPS) is 22.4. The van der Waals surface area contributed by atoms with Crippen LogP contribution in [0.1, 0.15) is 19.8 Å². The molecule has 2 fully saturated rings. The van der Waals surface area contributed by atoms with Gasteiger partial charge in [0.15, 0.2) is 0 Å². The zero-order valence-corrected chi connectivity index (χ0v) is 12.4. The minimum atomic E-state index is -0.0819. The van der Waals surface area contributed by atoms with Crippen LogP contribution in [0.3, 0.4) is 0 Å². The van der Waals surface area contributed by atoms with E-state index in [0.717, 1.165) is 24.6 Å². The summed E-state index contributed by atoms with van der Waals surface area (Å²) in [5.74, 6) is 0.991. The monoisotopic (exact) mass is 290 g/mol. The highest BCUT2D eigenvalue weighted by Crippen LogP contribution is 2.19. The maximum Gasteiger partial charge on any atom is 0.322 e. The molecule has 114 valence electrons. The summed E-state index contributed by atoms with van der Waals surface area (Å²) in [6.07, 6.45) is 4.20. The zero-order chi connectivity index (χ0) is 14.7. The van der Waals surface area contributed by atoms with E-state index in [1.54, 1.807) is 11.1 Å². The lowest BCUT2D eigenvalue weighted by Crippen LogP contribution is -2.48. The third-order valence-corrected chi connectivity index (χ3v) is 4.06. The van der Waals surface area contributed by atoms with Gasteiger partial charge >= 0.3 is 6.03 Å². The number of carbonyl (C=O) groups is 1. The molecule has 0 spiro atoms. The average Bonchev–Trinajstić information content (AvgIpc) is 3.02. The van der Waals surface area contributed by atoms with Crippen molar-refractivity contribution in [1.29, 1.82) is 0 Å². The van der Waals surface area contributed by atoms with E-state index in [1.807, 2.05) is 19.1 Å². The van der Waals surface area contributed by atoms with Crippen LogP contribution in [0.5, 0.6) is 0 Å². The fraction of sp³-hybridized carbons (Fsp3) is 0.600. The maximum atomic E-state index is 12.2. The molecular weight excluding hydrogens is 268 g/mol. The van der Waals surface area contributed by atoms with Gasteiger partial charge in [-0.2, -0.15) is 0 Å². The number of hydrogen-bond acceptors (Lipinski definition) is 4. The second-order valence-electron chi connectivity index (χ2n) is 5.65. The molecule has 2 aliphatic rings. The molecule has 1 aromatic heterocycles. The summed E-state index contributed by atoms with van der Waals surface area (Å²) < 4.78 is 5.35. The van der Waals surface area contributed by atoms with Crippen molar-refractivity contribution in [2.24, 2.45) is 0 Å². The number of anilines is 2. The molecule has 1 aromatic rings. The molecule has 21 heavy (non-hydrogen) atoms. The van der Waals surface area contributed by atoms with E-state index in [0.29, 0.717) is 19.8 Å². The molecule has 0 saturated carbocycles. The predicted molar refractivity (Wildman–Crippen MR) is 81.7 cm³/mol. The summed E-state index contributed by atoms with van der Waals surface area (Å²) in [5, 5.41) is 2.91. The number of carbonyl (C=O) groups excluding carboxylic acids is 1. The number of rotatable bonds is 2. The summed E-state index contributed by atoms with van der Waals surface area (Å²) in [6.45, 7) is 5.97. The highest BCUT2D eigenvalue weighted by Gasteiger charge is 2.23. The number of hydrogen-bond donors (Lipinski definition) is 1. The molecule has 3 heterocycles. The first-order valence-corrected chi connectivity index (χ1v) is 7.60. The number of morpholine rings is 1. The Morgan fingerprint density at radius 3 is 2.81 bits per heavy atom. The second-order valence-corrected chi connectivity index (χ2v) is 5.65. The van der Waals surface area contributed by atoms with Gasteiger partial charge in [-0.15, -0.1) is 0 Å². The van der Waals surface area contributed by atoms with Crippen LogP contribution in [0, 0.1) is 0 Å². The number of nitrogens with zero attached hydrogens (tertiary/aromatic N) is 3. The first kappa shape index (κ1) is 14.1. The second kappa shape index (κ2) is 6.30. The molecule has 3 rings (SSSR count). The first-order valence-electron chi connectivity index (χ1n) is 7.60. The van der Waals surface area contributed by atoms with Crippen molar-refractivity contribution in [3.05, 3.63) is 18.3 Å². The number of aromatic nitrogens is 1. The van der Waals surface area contributed by atoms with E-state index >= 15 is 0 Å². The average molecular weight is 290 g/mol. The Morgan fingerprint density at radius 2 is 2.14 bits per heavy atom. The Balaban J connectivity index is 1.60. The van der Waals surface area contributed by atoms with Gasteiger partial charge in [0.1, 0.15) is 5.82 Å². The molecule has 2 aliphatic heterocycles. The lowest BCUT2D eigenvalue weighted by atomic mass is 10.3. The fourth-order valence-electron chi connectivity index (χ4n) is 2.82. The van der Waals surface area contributed by atoms with Crippen molar-refractivity contribution >= 4 is 17.5 Å². The van der Waals surface area contributed by atoms with E-state index in [2.05, 4.69) is 15.2 Å². The van der Waals surface area contributed by atoms with Crippen molar-refractivity contribution in [2.45, 2.75) is 25.8 Å². The van der Waals surface area contributed by atoms with Gasteiger partial charge in [0.25, 0.3) is 0 Å². The van der Waals surface area contributed by atoms with Crippen molar-refractivity contribution < 1.29 is 9.53 Å². The Labute approximate surface area is 125 Å². The Morgan fingerprint density at radius 1 is 1.33 bits per heavy atom. The van der Waals surface area contributed by atoms with Crippen LogP contribution in [-0.2, 0) is 4.74 Å². The third kappa shape index (κ3) is 3.26. The van der Waals surface area contributed by atoms with E-state index in [1.165, 1.54) is 12.8 Å². The smallest absolute Gasteiger partial charge is 0.322 e. The summed E-state index contributed by atoms with van der Waals surface area (Å²) in [6, 6.07) is 3.92. The lowest BCUT2D eigenvalue weighted by molar-refractivity contribution is 0.0222. The topological polar surface area (TPSA) is 57.7 Å². The van der Waals surface area contributed by atoms with Crippen LogP contribution in [0.15, 0.2) is 18.3 Å². The SMILES string of the molecule is C[C@H]1COCCN1C(=O)Nc1ccc(N2CCCC2)nc1. The van der Waals surface area contributed by atoms with Crippen LogP contribution >= 0.6 is 0 Å². The van der Waals surface area contributed by atoms with E-state index in [9.17, 15) is 4.79 Å². The highest BCUT2D eigenvalue weighted by molar-refractivity contribution is 5.89. The van der Waals surface area contributed by atoms with E-state index < -0.39 is 0 Å². The van der Waals surface area contributed by atoms with Crippen LogP contribution in [-0.4, -0.2) is 54.8 Å². The highest BCUT2D eigenvalue weighted by atomic mass is 16.5. The summed E-state index contributed by atoms with van der Waals surface area (Å²) in [7, 11) is 0. The van der Waals surface area contributed by atoms with Crippen molar-refractivity contribution in [2.75, 3.05) is 43.1 Å². The van der Waals surface area contributed by atoms with Gasteiger partial charge in [-0.1, -0.05) is 0 Å².